The van der Waals surface area contributed by atoms with Crippen molar-refractivity contribution in [3.8, 4) is 0 Å². The fraction of sp³-hybridized carbons (Fsp3) is 0.345. The highest BCUT2D eigenvalue weighted by Crippen LogP contribution is 2.33. The number of rotatable bonds is 8. The number of hydrogen-bond acceptors (Lipinski definition) is 6. The Morgan fingerprint density at radius 3 is 2.18 bits per heavy atom. The van der Waals surface area contributed by atoms with Gasteiger partial charge in [0.2, 0.25) is 17.6 Å². The quantitative estimate of drug-likeness (QED) is 0.516. The highest BCUT2D eigenvalue weighted by atomic mass is 32.2. The van der Waals surface area contributed by atoms with E-state index in [4.69, 9.17) is 0 Å². The van der Waals surface area contributed by atoms with Gasteiger partial charge in [-0.15, -0.1) is 11.8 Å². The summed E-state index contributed by atoms with van der Waals surface area (Å²) >= 11 is 1.36. The second-order valence-electron chi connectivity index (χ2n) is 9.61. The number of carbonyl (C=O) groups excluding carboxylic acids is 4. The van der Waals surface area contributed by atoms with Crippen LogP contribution in [0.5, 0.6) is 0 Å². The molecule has 9 heteroatoms. The first-order chi connectivity index (χ1) is 18.2. The van der Waals surface area contributed by atoms with E-state index in [0.29, 0.717) is 28.6 Å². The number of hydrogen-bond donors (Lipinski definition) is 0. The first-order valence-corrected chi connectivity index (χ1v) is 13.6. The van der Waals surface area contributed by atoms with Crippen molar-refractivity contribution in [2.24, 2.45) is 10.9 Å². The molecule has 0 spiro atoms. The summed E-state index contributed by atoms with van der Waals surface area (Å²) in [6.07, 6.45) is 1.82. The molecule has 0 fully saturated rings. The van der Waals surface area contributed by atoms with E-state index in [1.165, 1.54) is 40.5 Å². The number of aliphatic imine (C=N–C) groups is 1. The van der Waals surface area contributed by atoms with Gasteiger partial charge in [-0.1, -0.05) is 74.5 Å². The summed E-state index contributed by atoms with van der Waals surface area (Å²) in [7, 11) is 0. The second kappa shape index (κ2) is 11.8. The first-order valence-electron chi connectivity index (χ1n) is 12.7. The number of thioether (sulfide) groups is 1. The molecule has 4 rings (SSSR count). The van der Waals surface area contributed by atoms with Crippen LogP contribution >= 0.6 is 11.8 Å². The number of amides is 3. The molecule has 2 aliphatic heterocycles. The maximum absolute atomic E-state index is 14.3. The summed E-state index contributed by atoms with van der Waals surface area (Å²) in [5.74, 6) is -1.04. The van der Waals surface area contributed by atoms with Crippen LogP contribution in [0.15, 0.2) is 71.9 Å². The lowest BCUT2D eigenvalue weighted by Crippen LogP contribution is -2.63. The van der Waals surface area contributed by atoms with E-state index in [2.05, 4.69) is 4.99 Å². The molecule has 2 heterocycles. The van der Waals surface area contributed by atoms with Gasteiger partial charge in [0.25, 0.3) is 5.91 Å². The molecule has 2 aromatic carbocycles. The van der Waals surface area contributed by atoms with Gasteiger partial charge in [-0.25, -0.2) is 10.0 Å². The lowest BCUT2D eigenvalue weighted by molar-refractivity contribution is -0.167. The Hall–Kier alpha value is -3.72. The van der Waals surface area contributed by atoms with Crippen molar-refractivity contribution in [1.29, 1.82) is 0 Å². The van der Waals surface area contributed by atoms with Crippen LogP contribution in [0.2, 0.25) is 0 Å². The fourth-order valence-corrected chi connectivity index (χ4v) is 5.64. The van der Waals surface area contributed by atoms with Crippen molar-refractivity contribution in [1.82, 2.24) is 14.9 Å². The predicted octanol–water partition coefficient (Wildman–Crippen LogP) is 3.79. The summed E-state index contributed by atoms with van der Waals surface area (Å²) in [4.78, 5) is 60.1. The zero-order valence-electron chi connectivity index (χ0n) is 22.0. The molecule has 38 heavy (non-hydrogen) atoms. The van der Waals surface area contributed by atoms with Gasteiger partial charge < -0.3 is 4.90 Å². The van der Waals surface area contributed by atoms with Crippen molar-refractivity contribution >= 4 is 46.0 Å². The zero-order valence-corrected chi connectivity index (χ0v) is 22.9. The third kappa shape index (κ3) is 5.57. The van der Waals surface area contributed by atoms with Crippen LogP contribution in [0, 0.1) is 5.92 Å². The van der Waals surface area contributed by atoms with Crippen LogP contribution in [0.25, 0.3) is 5.70 Å². The molecule has 0 aliphatic carbocycles. The number of benzene rings is 2. The standard InChI is InChI=1S/C29H32N4O4S/c1-19(2)26-29(37)33(25(18-31(26)20(3)34)23-13-9-6-10-14-23)32(21(4)35)24(17-22-11-7-5-8-12-22)27(36)28-30-15-16-38-28/h5-14,18-19,24,26H,15-17H2,1-4H3/t24-,26?/m0/s1. The molecule has 1 unspecified atom stereocenters. The molecule has 8 nitrogen and oxygen atoms in total. The van der Waals surface area contributed by atoms with E-state index in [1.807, 2.05) is 74.5 Å². The van der Waals surface area contributed by atoms with Crippen LogP contribution in [0.3, 0.4) is 0 Å². The molecule has 0 aromatic heterocycles. The van der Waals surface area contributed by atoms with E-state index in [-0.39, 0.29) is 24.0 Å². The summed E-state index contributed by atoms with van der Waals surface area (Å²) in [6, 6.07) is 16.7. The van der Waals surface area contributed by atoms with Gasteiger partial charge in [-0.05, 0) is 11.5 Å². The van der Waals surface area contributed by atoms with Crippen LogP contribution in [0.1, 0.15) is 38.8 Å². The van der Waals surface area contributed by atoms with Gasteiger partial charge in [-0.2, -0.15) is 0 Å². The SMILES string of the molecule is CC(=O)N1C=C(c2ccccc2)N(N(C(C)=O)[C@@H](Cc2ccccc2)C(=O)C2=NCCS2)C(=O)C1C(C)C. The van der Waals surface area contributed by atoms with Gasteiger partial charge in [-0.3, -0.25) is 24.2 Å². The highest BCUT2D eigenvalue weighted by Gasteiger charge is 2.46. The van der Waals surface area contributed by atoms with Crippen molar-refractivity contribution in [2.75, 3.05) is 12.3 Å². The third-order valence-electron chi connectivity index (χ3n) is 6.52. The average Bonchev–Trinajstić information content (AvgIpc) is 3.44. The molecule has 0 bridgehead atoms. The zero-order chi connectivity index (χ0) is 27.4. The van der Waals surface area contributed by atoms with Crippen LogP contribution in [-0.4, -0.2) is 67.8 Å². The van der Waals surface area contributed by atoms with E-state index in [1.54, 1.807) is 6.20 Å². The molecular weight excluding hydrogens is 500 g/mol. The van der Waals surface area contributed by atoms with Crippen molar-refractivity contribution in [3.63, 3.8) is 0 Å². The van der Waals surface area contributed by atoms with Gasteiger partial charge >= 0.3 is 0 Å². The average molecular weight is 533 g/mol. The summed E-state index contributed by atoms with van der Waals surface area (Å²) in [6.45, 7) is 7.01. The van der Waals surface area contributed by atoms with E-state index in [9.17, 15) is 19.2 Å². The summed E-state index contributed by atoms with van der Waals surface area (Å²) < 4.78 is 0. The maximum atomic E-state index is 14.3. The molecule has 2 atom stereocenters. The molecule has 3 amide bonds. The topological polar surface area (TPSA) is 90.4 Å². The van der Waals surface area contributed by atoms with Crippen molar-refractivity contribution in [3.05, 3.63) is 78.0 Å². The molecule has 0 N–H and O–H groups in total. The van der Waals surface area contributed by atoms with Crippen LogP contribution in [-0.2, 0) is 25.6 Å². The molecule has 0 saturated heterocycles. The maximum Gasteiger partial charge on any atom is 0.269 e. The van der Waals surface area contributed by atoms with Crippen molar-refractivity contribution in [2.45, 2.75) is 46.2 Å². The smallest absolute Gasteiger partial charge is 0.269 e. The highest BCUT2D eigenvalue weighted by molar-refractivity contribution is 8.16. The molecule has 198 valence electrons. The minimum absolute atomic E-state index is 0.202. The number of hydrazine groups is 1. The van der Waals surface area contributed by atoms with Crippen LogP contribution < -0.4 is 0 Å². The third-order valence-corrected chi connectivity index (χ3v) is 7.51. The number of carbonyl (C=O) groups is 4. The summed E-state index contributed by atoms with van der Waals surface area (Å²) in [5, 5.41) is 2.94. The monoisotopic (exact) mass is 532 g/mol. The predicted molar refractivity (Wildman–Crippen MR) is 149 cm³/mol. The molecular formula is C29H32N4O4S. The van der Waals surface area contributed by atoms with Crippen molar-refractivity contribution < 1.29 is 19.2 Å². The normalized spacial score (nSPS) is 18.2. The first kappa shape index (κ1) is 27.3. The molecule has 0 radical (unpaired) electrons. The van der Waals surface area contributed by atoms with E-state index < -0.39 is 23.9 Å². The fourth-order valence-electron chi connectivity index (χ4n) is 4.80. The molecule has 2 aliphatic rings. The molecule has 0 saturated carbocycles. The van der Waals surface area contributed by atoms with Gasteiger partial charge in [0.15, 0.2) is 0 Å². The van der Waals surface area contributed by atoms with Gasteiger partial charge in [0.05, 0.1) is 5.70 Å². The Morgan fingerprint density at radius 2 is 1.66 bits per heavy atom. The van der Waals surface area contributed by atoms with E-state index >= 15 is 0 Å². The number of nitrogens with zero attached hydrogens (tertiary/aromatic N) is 4. The minimum Gasteiger partial charge on any atom is -0.304 e. The lowest BCUT2D eigenvalue weighted by Gasteiger charge is -2.46. The van der Waals surface area contributed by atoms with Gasteiger partial charge in [0.1, 0.15) is 17.1 Å². The Labute approximate surface area is 227 Å². The summed E-state index contributed by atoms with van der Waals surface area (Å²) in [5.41, 5.74) is 1.84. The Bertz CT molecular complexity index is 1280. The van der Waals surface area contributed by atoms with E-state index in [0.717, 1.165) is 5.56 Å². The van der Waals surface area contributed by atoms with Gasteiger partial charge in [0, 0.05) is 44.3 Å². The Balaban J connectivity index is 1.91. The lowest BCUT2D eigenvalue weighted by atomic mass is 9.97. The number of Topliss-reactive ketones (excluding diaryl/α,β-unsaturated/α-hetero) is 1. The molecule has 2 aromatic rings. The largest absolute Gasteiger partial charge is 0.304 e. The Morgan fingerprint density at radius 1 is 1.03 bits per heavy atom. The Kier molecular flexibility index (Phi) is 8.46. The minimum atomic E-state index is -1.01. The van der Waals surface area contributed by atoms with Crippen LogP contribution in [0.4, 0.5) is 0 Å². The second-order valence-corrected chi connectivity index (χ2v) is 10.7. The number of ketones is 1.